The average molecular weight is 331 g/mol. The lowest BCUT2D eigenvalue weighted by molar-refractivity contribution is -0.129. The summed E-state index contributed by atoms with van der Waals surface area (Å²) >= 11 is 1.52. The molecule has 1 amide bonds. The third-order valence-electron chi connectivity index (χ3n) is 3.84. The number of carboxylic acid groups (broad SMARTS) is 1. The van der Waals surface area contributed by atoms with Crippen molar-refractivity contribution in [2.45, 2.75) is 13.0 Å². The fourth-order valence-electron chi connectivity index (χ4n) is 2.66. The molecule has 1 aromatic carbocycles. The predicted octanol–water partition coefficient (Wildman–Crippen LogP) is 2.02. The minimum absolute atomic E-state index is 0.132. The van der Waals surface area contributed by atoms with Crippen molar-refractivity contribution in [3.05, 3.63) is 41.2 Å². The molecule has 0 saturated carbocycles. The zero-order valence-corrected chi connectivity index (χ0v) is 13.5. The number of benzene rings is 1. The molecule has 0 unspecified atom stereocenters. The van der Waals surface area contributed by atoms with Crippen LogP contribution in [0.3, 0.4) is 0 Å². The molecule has 120 valence electrons. The Morgan fingerprint density at radius 1 is 1.43 bits per heavy atom. The Hall–Kier alpha value is -2.28. The van der Waals surface area contributed by atoms with Crippen LogP contribution < -0.4 is 0 Å². The predicted molar refractivity (Wildman–Crippen MR) is 88.5 cm³/mol. The van der Waals surface area contributed by atoms with Gasteiger partial charge in [-0.3, -0.25) is 4.79 Å². The van der Waals surface area contributed by atoms with Gasteiger partial charge in [0.25, 0.3) is 0 Å². The number of amides is 1. The minimum atomic E-state index is -0.961. The van der Waals surface area contributed by atoms with Crippen LogP contribution in [0, 0.1) is 0 Å². The van der Waals surface area contributed by atoms with Gasteiger partial charge in [-0.05, 0) is 18.4 Å². The molecule has 3 rings (SSSR count). The zero-order chi connectivity index (χ0) is 16.4. The largest absolute Gasteiger partial charge is 0.478 e. The van der Waals surface area contributed by atoms with Crippen molar-refractivity contribution < 1.29 is 14.7 Å². The van der Waals surface area contributed by atoms with Crippen LogP contribution >= 0.6 is 11.8 Å². The van der Waals surface area contributed by atoms with E-state index < -0.39 is 5.97 Å². The summed E-state index contributed by atoms with van der Waals surface area (Å²) in [4.78, 5) is 32.7. The normalized spacial score (nSPS) is 13.7. The lowest BCUT2D eigenvalue weighted by atomic mass is 10.1. The van der Waals surface area contributed by atoms with Gasteiger partial charge in [0.2, 0.25) is 5.91 Å². The first kappa shape index (κ1) is 15.6. The number of hydrogen-bond donors (Lipinski definition) is 2. The molecule has 1 aliphatic heterocycles. The Morgan fingerprint density at radius 2 is 2.26 bits per heavy atom. The number of aromatic amines is 1. The molecule has 0 spiro atoms. The third-order valence-corrected chi connectivity index (χ3v) is 4.37. The highest BCUT2D eigenvalue weighted by molar-refractivity contribution is 7.99. The number of aromatic nitrogens is 2. The van der Waals surface area contributed by atoms with Gasteiger partial charge < -0.3 is 15.0 Å². The number of carbonyl (C=O) groups excluding carboxylic acids is 1. The molecule has 7 heteroatoms. The van der Waals surface area contributed by atoms with E-state index in [9.17, 15) is 9.59 Å². The lowest BCUT2D eigenvalue weighted by Crippen LogP contribution is -2.37. The van der Waals surface area contributed by atoms with E-state index in [0.717, 1.165) is 17.0 Å². The Labute approximate surface area is 137 Å². The second-order valence-electron chi connectivity index (χ2n) is 5.39. The fourth-order valence-corrected chi connectivity index (χ4v) is 3.09. The maximum absolute atomic E-state index is 12.0. The molecule has 0 bridgehead atoms. The van der Waals surface area contributed by atoms with Crippen LogP contribution in [0.25, 0.3) is 11.4 Å². The smallest absolute Gasteiger partial charge is 0.335 e. The maximum Gasteiger partial charge on any atom is 0.335 e. The number of nitrogens with one attached hydrogen (secondary N) is 1. The van der Waals surface area contributed by atoms with Crippen molar-refractivity contribution in [3.8, 4) is 11.4 Å². The average Bonchev–Trinajstić information content (AvgIpc) is 2.98. The van der Waals surface area contributed by atoms with Gasteiger partial charge in [-0.2, -0.15) is 11.8 Å². The van der Waals surface area contributed by atoms with Crippen LogP contribution in [0.2, 0.25) is 0 Å². The van der Waals surface area contributed by atoms with Crippen LogP contribution in [0.1, 0.15) is 21.7 Å². The standard InChI is InChI=1S/C16H17N3O3S/c1-23-9-14(20)19-6-5-12-13(8-19)18-15(17-12)10-3-2-4-11(7-10)16(21)22/h2-4,7H,5-6,8-9H2,1H3,(H,17,18)(H,21,22). The molecule has 1 aromatic heterocycles. The Bertz CT molecular complexity index is 757. The van der Waals surface area contributed by atoms with Crippen molar-refractivity contribution in [2.24, 2.45) is 0 Å². The monoisotopic (exact) mass is 331 g/mol. The van der Waals surface area contributed by atoms with E-state index in [2.05, 4.69) is 9.97 Å². The van der Waals surface area contributed by atoms with Crippen LogP contribution in [-0.2, 0) is 17.8 Å². The molecule has 1 aliphatic rings. The molecule has 2 heterocycles. The fraction of sp³-hybridized carbons (Fsp3) is 0.312. The number of nitrogens with zero attached hydrogens (tertiary/aromatic N) is 2. The van der Waals surface area contributed by atoms with Gasteiger partial charge in [0.1, 0.15) is 5.82 Å². The summed E-state index contributed by atoms with van der Waals surface area (Å²) in [6.07, 6.45) is 2.63. The molecule has 0 atom stereocenters. The van der Waals surface area contributed by atoms with Crippen LogP contribution in [-0.4, -0.2) is 50.4 Å². The van der Waals surface area contributed by atoms with Gasteiger partial charge >= 0.3 is 5.97 Å². The molecule has 2 N–H and O–H groups in total. The molecule has 6 nitrogen and oxygen atoms in total. The summed E-state index contributed by atoms with van der Waals surface area (Å²) in [7, 11) is 0. The van der Waals surface area contributed by atoms with Crippen molar-refractivity contribution in [1.29, 1.82) is 0 Å². The first-order chi connectivity index (χ1) is 11.1. The van der Waals surface area contributed by atoms with Crippen molar-refractivity contribution in [3.63, 3.8) is 0 Å². The van der Waals surface area contributed by atoms with Gasteiger partial charge in [0.05, 0.1) is 29.2 Å². The van der Waals surface area contributed by atoms with E-state index >= 15 is 0 Å². The number of thioether (sulfide) groups is 1. The molecule has 23 heavy (non-hydrogen) atoms. The van der Waals surface area contributed by atoms with Gasteiger partial charge in [-0.15, -0.1) is 0 Å². The number of imidazole rings is 1. The third kappa shape index (κ3) is 3.24. The van der Waals surface area contributed by atoms with Crippen LogP contribution in [0.4, 0.5) is 0 Å². The number of carboxylic acids is 1. The zero-order valence-electron chi connectivity index (χ0n) is 12.7. The second kappa shape index (κ2) is 6.45. The molecule has 2 aromatic rings. The van der Waals surface area contributed by atoms with Crippen LogP contribution in [0.5, 0.6) is 0 Å². The number of aromatic carboxylic acids is 1. The van der Waals surface area contributed by atoms with Crippen molar-refractivity contribution in [2.75, 3.05) is 18.6 Å². The highest BCUT2D eigenvalue weighted by Crippen LogP contribution is 2.23. The summed E-state index contributed by atoms with van der Waals surface area (Å²) in [5.74, 6) is 0.304. The molecule has 0 saturated heterocycles. The number of H-pyrrole nitrogens is 1. The summed E-state index contributed by atoms with van der Waals surface area (Å²) in [6, 6.07) is 6.68. The van der Waals surface area contributed by atoms with E-state index in [1.165, 1.54) is 11.8 Å². The van der Waals surface area contributed by atoms with E-state index in [1.54, 1.807) is 18.2 Å². The topological polar surface area (TPSA) is 86.3 Å². The summed E-state index contributed by atoms with van der Waals surface area (Å²) in [6.45, 7) is 1.20. The minimum Gasteiger partial charge on any atom is -0.478 e. The molecular formula is C16H17N3O3S. The molecule has 0 radical (unpaired) electrons. The lowest BCUT2D eigenvalue weighted by Gasteiger charge is -2.25. The number of fused-ring (bicyclic) bond motifs is 1. The van der Waals surface area contributed by atoms with Crippen molar-refractivity contribution >= 4 is 23.6 Å². The summed E-state index contributed by atoms with van der Waals surface area (Å²) < 4.78 is 0. The van der Waals surface area contributed by atoms with E-state index in [-0.39, 0.29) is 11.5 Å². The Kier molecular flexibility index (Phi) is 4.38. The van der Waals surface area contributed by atoms with Gasteiger partial charge in [-0.25, -0.2) is 9.78 Å². The van der Waals surface area contributed by atoms with E-state index in [0.29, 0.717) is 31.1 Å². The Morgan fingerprint density at radius 3 is 3.00 bits per heavy atom. The number of rotatable bonds is 4. The molecule has 0 fully saturated rings. The second-order valence-corrected chi connectivity index (χ2v) is 6.26. The van der Waals surface area contributed by atoms with E-state index in [4.69, 9.17) is 5.11 Å². The van der Waals surface area contributed by atoms with Gasteiger partial charge in [0, 0.05) is 18.5 Å². The van der Waals surface area contributed by atoms with Gasteiger partial charge in [-0.1, -0.05) is 12.1 Å². The highest BCUT2D eigenvalue weighted by atomic mass is 32.2. The SMILES string of the molecule is CSCC(=O)N1CCc2nc(-c3cccc(C(=O)O)c3)[nH]c2C1. The van der Waals surface area contributed by atoms with Crippen molar-refractivity contribution in [1.82, 2.24) is 14.9 Å². The first-order valence-corrected chi connectivity index (χ1v) is 8.66. The number of hydrogen-bond acceptors (Lipinski definition) is 4. The molecular weight excluding hydrogens is 314 g/mol. The highest BCUT2D eigenvalue weighted by Gasteiger charge is 2.23. The summed E-state index contributed by atoms with van der Waals surface area (Å²) in [5.41, 5.74) is 2.85. The van der Waals surface area contributed by atoms with Gasteiger partial charge in [0.15, 0.2) is 0 Å². The maximum atomic E-state index is 12.0. The van der Waals surface area contributed by atoms with Crippen LogP contribution in [0.15, 0.2) is 24.3 Å². The Balaban J connectivity index is 1.85. The number of carbonyl (C=O) groups is 2. The first-order valence-electron chi connectivity index (χ1n) is 7.26. The quantitative estimate of drug-likeness (QED) is 0.895. The van der Waals surface area contributed by atoms with E-state index in [1.807, 2.05) is 17.2 Å². The molecule has 0 aliphatic carbocycles. The summed E-state index contributed by atoms with van der Waals surface area (Å²) in [5, 5.41) is 9.09.